The van der Waals surface area contributed by atoms with E-state index in [9.17, 15) is 15.3 Å². The molecule has 0 aromatic rings. The predicted octanol–water partition coefficient (Wildman–Crippen LogP) is 8.59. The second kappa shape index (κ2) is 21.1. The molecule has 7 rings (SSSR count). The van der Waals surface area contributed by atoms with Crippen LogP contribution in [0.15, 0.2) is 0 Å². The lowest BCUT2D eigenvalue weighted by Gasteiger charge is -2.63. The SMILES string of the molecule is CC1CCC(C(=O)OC2(C(=O)C3CCC(C)CC3)[C@@](OC(=O)C3CCC(C)CC3)(C(=O)C3CCC(C)CC3)[C@@H](O)C(O)[C@@H](O)[C@@]2(OC(=O)C2CCC(C)CC2)C(=O)C2CCC(C)CC2)CC1. The van der Waals surface area contributed by atoms with E-state index in [-0.39, 0.29) is 56.3 Å². The Morgan fingerprint density at radius 1 is 0.318 bits per heavy atom. The summed E-state index contributed by atoms with van der Waals surface area (Å²) in [6.45, 7) is 12.5. The molecule has 7 aliphatic rings. The Bertz CT molecular complexity index is 1640. The highest BCUT2D eigenvalue weighted by Crippen LogP contribution is 2.59. The van der Waals surface area contributed by atoms with Crippen LogP contribution in [0.3, 0.4) is 0 Å². The van der Waals surface area contributed by atoms with Gasteiger partial charge >= 0.3 is 17.9 Å². The highest BCUT2D eigenvalue weighted by atomic mass is 16.7. The van der Waals surface area contributed by atoms with Gasteiger partial charge in [0, 0.05) is 17.8 Å². The maximum absolute atomic E-state index is 16.9. The highest BCUT2D eigenvalue weighted by Gasteiger charge is 2.89. The number of aliphatic hydroxyl groups excluding tert-OH is 3. The van der Waals surface area contributed by atoms with Crippen molar-refractivity contribution in [1.29, 1.82) is 0 Å². The van der Waals surface area contributed by atoms with E-state index in [0.717, 1.165) is 0 Å². The fourth-order valence-electron chi connectivity index (χ4n) is 13.6. The number of ketones is 3. The lowest BCUT2D eigenvalue weighted by molar-refractivity contribution is -0.329. The van der Waals surface area contributed by atoms with Gasteiger partial charge in [-0.2, -0.15) is 0 Å². The Kier molecular flexibility index (Phi) is 16.4. The van der Waals surface area contributed by atoms with Gasteiger partial charge in [-0.3, -0.25) is 28.8 Å². The molecule has 0 aromatic carbocycles. The van der Waals surface area contributed by atoms with E-state index in [1.807, 2.05) is 0 Å². The van der Waals surface area contributed by atoms with Crippen molar-refractivity contribution in [3.05, 3.63) is 0 Å². The number of Topliss-reactive ketones (excluding diaryl/α,β-unsaturated/α-hetero) is 3. The topological polar surface area (TPSA) is 191 Å². The number of hydrogen-bond donors (Lipinski definition) is 3. The smallest absolute Gasteiger partial charge is 0.310 e. The molecule has 0 aromatic heterocycles. The fourth-order valence-corrected chi connectivity index (χ4v) is 13.6. The second-order valence-corrected chi connectivity index (χ2v) is 23.6. The van der Waals surface area contributed by atoms with Gasteiger partial charge in [0.2, 0.25) is 11.2 Å². The Morgan fingerprint density at radius 2 is 0.530 bits per heavy atom. The summed E-state index contributed by atoms with van der Waals surface area (Å²) < 4.78 is 20.5. The van der Waals surface area contributed by atoms with E-state index in [2.05, 4.69) is 41.5 Å². The van der Waals surface area contributed by atoms with Gasteiger partial charge in [-0.05, 0) is 151 Å². The molecule has 0 spiro atoms. The Balaban J connectivity index is 1.57. The molecule has 7 aliphatic carbocycles. The standard InChI is InChI=1S/C54H84O12/c1-31-7-19-37(20-8-31)44(56)52(64-49(61)40-25-13-34(4)14-26-40)47(59)43(55)48(60)53(45(57)38-21-9-32(2)10-22-38,65-50(62)41-27-15-35(5)16-28-41)54(52,46(58)39-23-11-33(3)12-24-39)66-51(63)42-29-17-36(6)18-30-42/h31-43,47-48,55,59-60H,7-30H2,1-6H3/t31?,32?,33?,34?,35?,36?,37?,38?,39?,40?,41?,42?,43?,47-,48+,52+,53-,54?. The first-order valence-corrected chi connectivity index (χ1v) is 26.7. The van der Waals surface area contributed by atoms with Crippen molar-refractivity contribution in [3.8, 4) is 0 Å². The van der Waals surface area contributed by atoms with Gasteiger partial charge in [-0.15, -0.1) is 0 Å². The van der Waals surface area contributed by atoms with Crippen LogP contribution in [0.25, 0.3) is 0 Å². The third kappa shape index (κ3) is 9.61. The maximum Gasteiger partial charge on any atom is 0.310 e. The fraction of sp³-hybridized carbons (Fsp3) is 0.889. The normalized spacial score (nSPS) is 44.6. The monoisotopic (exact) mass is 925 g/mol. The molecule has 0 bridgehead atoms. The van der Waals surface area contributed by atoms with Crippen LogP contribution in [0, 0.1) is 71.0 Å². The first kappa shape index (κ1) is 51.2. The van der Waals surface area contributed by atoms with E-state index in [4.69, 9.17) is 14.2 Å². The molecule has 0 saturated heterocycles. The van der Waals surface area contributed by atoms with Crippen molar-refractivity contribution in [1.82, 2.24) is 0 Å². The summed E-state index contributed by atoms with van der Waals surface area (Å²) in [5, 5.41) is 38.9. The highest BCUT2D eigenvalue weighted by molar-refractivity contribution is 6.12. The summed E-state index contributed by atoms with van der Waals surface area (Å²) in [4.78, 5) is 95.9. The number of rotatable bonds is 12. The number of aliphatic hydroxyl groups is 3. The van der Waals surface area contributed by atoms with Gasteiger partial charge in [0.25, 0.3) is 5.60 Å². The predicted molar refractivity (Wildman–Crippen MR) is 246 cm³/mol. The number of carbonyl (C=O) groups is 6. The van der Waals surface area contributed by atoms with Crippen LogP contribution in [0.2, 0.25) is 0 Å². The van der Waals surface area contributed by atoms with Crippen LogP contribution < -0.4 is 0 Å². The zero-order chi connectivity index (χ0) is 47.7. The van der Waals surface area contributed by atoms with Gasteiger partial charge in [0.05, 0.1) is 17.8 Å². The molecule has 6 atom stereocenters. The van der Waals surface area contributed by atoms with E-state index in [1.54, 1.807) is 0 Å². The molecule has 0 heterocycles. The summed E-state index contributed by atoms with van der Waals surface area (Å²) >= 11 is 0. The van der Waals surface area contributed by atoms with Crippen molar-refractivity contribution in [3.63, 3.8) is 0 Å². The van der Waals surface area contributed by atoms with Crippen molar-refractivity contribution in [2.75, 3.05) is 0 Å². The van der Waals surface area contributed by atoms with Crippen LogP contribution in [-0.4, -0.2) is 85.7 Å². The van der Waals surface area contributed by atoms with Crippen molar-refractivity contribution >= 4 is 35.3 Å². The minimum atomic E-state index is -3.40. The Morgan fingerprint density at radius 3 is 0.788 bits per heavy atom. The average molecular weight is 925 g/mol. The molecule has 0 aliphatic heterocycles. The molecule has 7 saturated carbocycles. The summed E-state index contributed by atoms with van der Waals surface area (Å²) in [5.41, 5.74) is -9.97. The average Bonchev–Trinajstić information content (AvgIpc) is 3.31. The summed E-state index contributed by atoms with van der Waals surface area (Å²) in [6.07, 6.45) is 3.74. The van der Waals surface area contributed by atoms with Crippen LogP contribution in [0.5, 0.6) is 0 Å². The van der Waals surface area contributed by atoms with E-state index >= 15 is 28.8 Å². The number of esters is 3. The van der Waals surface area contributed by atoms with E-state index in [0.29, 0.717) is 133 Å². The van der Waals surface area contributed by atoms with Crippen LogP contribution >= 0.6 is 0 Å². The molecule has 66 heavy (non-hydrogen) atoms. The second-order valence-electron chi connectivity index (χ2n) is 23.6. The van der Waals surface area contributed by atoms with Crippen molar-refractivity contribution in [2.45, 2.75) is 231 Å². The quantitative estimate of drug-likeness (QED) is 0.125. The zero-order valence-corrected chi connectivity index (χ0v) is 41.1. The van der Waals surface area contributed by atoms with E-state index in [1.165, 1.54) is 0 Å². The molecule has 7 fully saturated rings. The third-order valence-corrected chi connectivity index (χ3v) is 18.6. The van der Waals surface area contributed by atoms with Crippen LogP contribution in [0.4, 0.5) is 0 Å². The summed E-state index contributed by atoms with van der Waals surface area (Å²) in [5.74, 6) is -9.38. The first-order valence-electron chi connectivity index (χ1n) is 26.7. The number of ether oxygens (including phenoxy) is 3. The number of carbonyl (C=O) groups excluding carboxylic acids is 6. The molecule has 2 unspecified atom stereocenters. The van der Waals surface area contributed by atoms with Crippen LogP contribution in [-0.2, 0) is 43.0 Å². The van der Waals surface area contributed by atoms with Crippen molar-refractivity contribution < 1.29 is 58.3 Å². The van der Waals surface area contributed by atoms with Gasteiger partial charge in [0.15, 0.2) is 17.3 Å². The minimum absolute atomic E-state index is 0.213. The third-order valence-electron chi connectivity index (χ3n) is 18.6. The minimum Gasteiger partial charge on any atom is -0.443 e. The molecule has 3 N–H and O–H groups in total. The molecular weight excluding hydrogens is 841 g/mol. The van der Waals surface area contributed by atoms with Crippen molar-refractivity contribution in [2.24, 2.45) is 71.0 Å². The Hall–Kier alpha value is -2.70. The molecule has 12 heteroatoms. The van der Waals surface area contributed by atoms with Gasteiger partial charge in [-0.25, -0.2) is 0 Å². The molecule has 12 nitrogen and oxygen atoms in total. The summed E-state index contributed by atoms with van der Waals surface area (Å²) in [6, 6.07) is 0. The van der Waals surface area contributed by atoms with Gasteiger partial charge in [0.1, 0.15) is 18.3 Å². The maximum atomic E-state index is 16.9. The van der Waals surface area contributed by atoms with Gasteiger partial charge in [-0.1, -0.05) is 80.1 Å². The molecule has 0 radical (unpaired) electrons. The van der Waals surface area contributed by atoms with E-state index < -0.39 is 106 Å². The van der Waals surface area contributed by atoms with Crippen LogP contribution in [0.1, 0.15) is 196 Å². The number of hydrogen-bond acceptors (Lipinski definition) is 12. The lowest BCUT2D eigenvalue weighted by atomic mass is 9.49. The molecule has 372 valence electrons. The molecular formula is C54H84O12. The zero-order valence-electron chi connectivity index (χ0n) is 41.1. The molecule has 0 amide bonds. The van der Waals surface area contributed by atoms with Gasteiger partial charge < -0.3 is 29.5 Å². The Labute approximate surface area is 394 Å². The largest absolute Gasteiger partial charge is 0.443 e. The lowest BCUT2D eigenvalue weighted by Crippen LogP contribution is -2.92. The first-order chi connectivity index (χ1) is 31.4. The summed E-state index contributed by atoms with van der Waals surface area (Å²) in [7, 11) is 0.